The van der Waals surface area contributed by atoms with Crippen molar-refractivity contribution in [3.8, 4) is 0 Å². The predicted octanol–water partition coefficient (Wildman–Crippen LogP) is 3.22. The summed E-state index contributed by atoms with van der Waals surface area (Å²) in [6.07, 6.45) is 4.26. The first-order valence-corrected chi connectivity index (χ1v) is 9.90. The van der Waals surface area contributed by atoms with Crippen molar-refractivity contribution in [1.82, 2.24) is 19.3 Å². The predicted molar refractivity (Wildman–Crippen MR) is 110 cm³/mol. The lowest BCUT2D eigenvalue weighted by atomic mass is 10.0. The Morgan fingerprint density at radius 1 is 1.36 bits per heavy atom. The third-order valence-electron chi connectivity index (χ3n) is 5.08. The van der Waals surface area contributed by atoms with Gasteiger partial charge in [0, 0.05) is 32.0 Å². The van der Waals surface area contributed by atoms with Crippen LogP contribution in [0.1, 0.15) is 18.4 Å². The Morgan fingerprint density at radius 3 is 2.89 bits per heavy atom. The van der Waals surface area contributed by atoms with E-state index in [-0.39, 0.29) is 6.04 Å². The van der Waals surface area contributed by atoms with Crippen LogP contribution in [0.15, 0.2) is 47.3 Å². The second kappa shape index (κ2) is 7.67. The molecule has 1 saturated heterocycles. The molecule has 3 aromatic rings. The van der Waals surface area contributed by atoms with Gasteiger partial charge in [0.25, 0.3) is 0 Å². The minimum atomic E-state index is -0.904. The summed E-state index contributed by atoms with van der Waals surface area (Å²) in [4.78, 5) is 24.3. The smallest absolute Gasteiger partial charge is 0.407 e. The monoisotopic (exact) mass is 444 g/mol. The van der Waals surface area contributed by atoms with Gasteiger partial charge in [0.15, 0.2) is 5.82 Å². The molecule has 1 fully saturated rings. The van der Waals surface area contributed by atoms with E-state index in [0.29, 0.717) is 23.5 Å². The van der Waals surface area contributed by atoms with Crippen molar-refractivity contribution in [3.05, 3.63) is 52.9 Å². The molecular weight excluding hydrogens is 424 g/mol. The maximum atomic E-state index is 12.0. The van der Waals surface area contributed by atoms with Crippen LogP contribution in [0.3, 0.4) is 0 Å². The molecule has 0 bridgehead atoms. The van der Waals surface area contributed by atoms with Crippen LogP contribution in [0.4, 0.5) is 16.6 Å². The summed E-state index contributed by atoms with van der Waals surface area (Å²) < 4.78 is 2.53. The Balaban J connectivity index is 1.60. The molecule has 0 unspecified atom stereocenters. The number of hydrogen-bond acceptors (Lipinski definition) is 5. The molecule has 4 rings (SSSR count). The van der Waals surface area contributed by atoms with Crippen LogP contribution in [-0.4, -0.2) is 49.6 Å². The Bertz CT molecular complexity index is 993. The zero-order valence-corrected chi connectivity index (χ0v) is 16.8. The van der Waals surface area contributed by atoms with E-state index >= 15 is 0 Å². The largest absolute Gasteiger partial charge is 0.465 e. The number of anilines is 2. The number of halogens is 1. The molecule has 1 aliphatic heterocycles. The average Bonchev–Trinajstić information content (AvgIpc) is 3.05. The third kappa shape index (κ3) is 3.49. The van der Waals surface area contributed by atoms with E-state index in [0.717, 1.165) is 36.4 Å². The third-order valence-corrected chi connectivity index (χ3v) is 5.64. The van der Waals surface area contributed by atoms with Crippen LogP contribution < -0.4 is 10.6 Å². The van der Waals surface area contributed by atoms with E-state index in [1.165, 1.54) is 4.90 Å². The maximum Gasteiger partial charge on any atom is 0.407 e. The molecule has 1 aliphatic rings. The fraction of sp³-hybridized carbons (Fsp3) is 0.316. The highest BCUT2D eigenvalue weighted by molar-refractivity contribution is 9.10. The van der Waals surface area contributed by atoms with E-state index in [1.807, 2.05) is 40.9 Å². The van der Waals surface area contributed by atoms with Gasteiger partial charge in [0.2, 0.25) is 5.95 Å². The van der Waals surface area contributed by atoms with E-state index in [2.05, 4.69) is 30.8 Å². The fourth-order valence-corrected chi connectivity index (χ4v) is 4.31. The van der Waals surface area contributed by atoms with Crippen LogP contribution >= 0.6 is 15.9 Å². The molecule has 1 amide bonds. The quantitative estimate of drug-likeness (QED) is 0.640. The molecule has 146 valence electrons. The van der Waals surface area contributed by atoms with Gasteiger partial charge in [0.05, 0.1) is 6.04 Å². The lowest BCUT2D eigenvalue weighted by molar-refractivity contribution is 0.114. The van der Waals surface area contributed by atoms with Crippen LogP contribution in [0.2, 0.25) is 0 Å². The minimum absolute atomic E-state index is 0.114. The van der Waals surface area contributed by atoms with Gasteiger partial charge in [-0.3, -0.25) is 9.30 Å². The van der Waals surface area contributed by atoms with Crippen LogP contribution in [0.25, 0.3) is 5.52 Å². The summed E-state index contributed by atoms with van der Waals surface area (Å²) >= 11 is 3.46. The number of nitrogens with zero attached hydrogens (tertiary/aromatic N) is 5. The molecule has 3 heterocycles. The minimum Gasteiger partial charge on any atom is -0.465 e. The Labute approximate surface area is 170 Å². The van der Waals surface area contributed by atoms with E-state index in [1.54, 1.807) is 6.20 Å². The second-order valence-corrected chi connectivity index (χ2v) is 7.62. The Kier molecular flexibility index (Phi) is 5.08. The number of piperidine rings is 1. The van der Waals surface area contributed by atoms with E-state index < -0.39 is 6.09 Å². The van der Waals surface area contributed by atoms with Crippen molar-refractivity contribution in [2.75, 3.05) is 23.7 Å². The number of rotatable bonds is 4. The molecule has 28 heavy (non-hydrogen) atoms. The first-order valence-electron chi connectivity index (χ1n) is 9.11. The molecule has 0 aliphatic carbocycles. The summed E-state index contributed by atoms with van der Waals surface area (Å²) in [5.74, 6) is 1.14. The van der Waals surface area contributed by atoms with Crippen LogP contribution in [0.5, 0.6) is 0 Å². The molecule has 8 nitrogen and oxygen atoms in total. The SMILES string of the molecule is Nc1nccn2c(N3CCC[C@H](N(Cc4ccccc4)C(=O)O)C3)nc(Br)c12. The zero-order valence-electron chi connectivity index (χ0n) is 15.2. The number of amides is 1. The van der Waals surface area contributed by atoms with Gasteiger partial charge in [0.1, 0.15) is 10.1 Å². The highest BCUT2D eigenvalue weighted by Crippen LogP contribution is 2.29. The van der Waals surface area contributed by atoms with Crippen LogP contribution in [-0.2, 0) is 6.54 Å². The topological polar surface area (TPSA) is 100.0 Å². The van der Waals surface area contributed by atoms with E-state index in [4.69, 9.17) is 5.73 Å². The number of fused-ring (bicyclic) bond motifs is 1. The molecule has 0 saturated carbocycles. The Morgan fingerprint density at radius 2 is 2.14 bits per heavy atom. The van der Waals surface area contributed by atoms with E-state index in [9.17, 15) is 9.90 Å². The Hall–Kier alpha value is -2.81. The van der Waals surface area contributed by atoms with Gasteiger partial charge < -0.3 is 15.7 Å². The van der Waals surface area contributed by atoms with Crippen molar-refractivity contribution < 1.29 is 9.90 Å². The summed E-state index contributed by atoms with van der Waals surface area (Å²) in [6, 6.07) is 9.57. The molecule has 1 aromatic carbocycles. The van der Waals surface area contributed by atoms with Gasteiger partial charge in [-0.05, 0) is 34.3 Å². The average molecular weight is 445 g/mol. The number of nitrogen functional groups attached to an aromatic ring is 1. The number of benzene rings is 1. The lowest BCUT2D eigenvalue weighted by Crippen LogP contribution is -2.50. The number of carbonyl (C=O) groups is 1. The van der Waals surface area contributed by atoms with Crippen molar-refractivity contribution in [2.24, 2.45) is 0 Å². The van der Waals surface area contributed by atoms with Gasteiger partial charge in [-0.15, -0.1) is 0 Å². The molecule has 1 atom stereocenters. The molecule has 2 aromatic heterocycles. The molecular formula is C19H21BrN6O2. The number of hydrogen-bond donors (Lipinski definition) is 2. The van der Waals surface area contributed by atoms with Crippen molar-refractivity contribution in [1.29, 1.82) is 0 Å². The number of nitrogens with two attached hydrogens (primary N) is 1. The van der Waals surface area contributed by atoms with Gasteiger partial charge in [-0.2, -0.15) is 0 Å². The fourth-order valence-electron chi connectivity index (χ4n) is 3.75. The first-order chi connectivity index (χ1) is 13.5. The number of imidazole rings is 1. The highest BCUT2D eigenvalue weighted by Gasteiger charge is 2.30. The van der Waals surface area contributed by atoms with Crippen molar-refractivity contribution in [3.63, 3.8) is 0 Å². The highest BCUT2D eigenvalue weighted by atomic mass is 79.9. The molecule has 0 radical (unpaired) electrons. The summed E-state index contributed by atoms with van der Waals surface area (Å²) in [7, 11) is 0. The molecule has 9 heteroatoms. The molecule has 0 spiro atoms. The summed E-state index contributed by atoms with van der Waals surface area (Å²) in [5, 5.41) is 9.81. The van der Waals surface area contributed by atoms with Crippen molar-refractivity contribution in [2.45, 2.75) is 25.4 Å². The van der Waals surface area contributed by atoms with Crippen LogP contribution in [0, 0.1) is 0 Å². The zero-order chi connectivity index (χ0) is 19.7. The normalized spacial score (nSPS) is 17.0. The second-order valence-electron chi connectivity index (χ2n) is 6.87. The maximum absolute atomic E-state index is 12.0. The lowest BCUT2D eigenvalue weighted by Gasteiger charge is -2.38. The summed E-state index contributed by atoms with van der Waals surface area (Å²) in [6.45, 7) is 1.76. The van der Waals surface area contributed by atoms with Gasteiger partial charge >= 0.3 is 6.09 Å². The molecule has 3 N–H and O–H groups in total. The van der Waals surface area contributed by atoms with Crippen molar-refractivity contribution >= 4 is 39.3 Å². The summed E-state index contributed by atoms with van der Waals surface area (Å²) in [5.41, 5.74) is 7.70. The standard InChI is InChI=1S/C19H21BrN6O2/c20-16-15-17(21)22-8-10-25(15)18(23-16)24-9-4-7-14(12-24)26(19(27)28)11-13-5-2-1-3-6-13/h1-3,5-6,8,10,14H,4,7,9,11-12H2,(H2,21,22)(H,27,28)/t14-/m0/s1. The van der Waals surface area contributed by atoms with Gasteiger partial charge in [-0.25, -0.2) is 14.8 Å². The first kappa shape index (κ1) is 18.5. The number of aromatic nitrogens is 3. The number of carboxylic acid groups (broad SMARTS) is 1. The van der Waals surface area contributed by atoms with Gasteiger partial charge in [-0.1, -0.05) is 30.3 Å².